The van der Waals surface area contributed by atoms with Crippen LogP contribution in [0.15, 0.2) is 0 Å². The zero-order chi connectivity index (χ0) is 16.9. The largest absolute Gasteiger partial charge is 0.355 e. The van der Waals surface area contributed by atoms with E-state index in [2.05, 4.69) is 5.32 Å². The summed E-state index contributed by atoms with van der Waals surface area (Å²) in [6, 6.07) is 0. The van der Waals surface area contributed by atoms with E-state index in [1.165, 1.54) is 48.4 Å². The van der Waals surface area contributed by atoms with Gasteiger partial charge < -0.3 is 5.32 Å². The molecule has 2 rings (SSSR count). The monoisotopic (exact) mass is 363 g/mol. The van der Waals surface area contributed by atoms with Crippen molar-refractivity contribution in [1.82, 2.24) is 13.9 Å². The standard InChI is InChI=1S/C15H29N3O3S2/c1-17(2)23(20,21)18-10-5-6-13(12-18)15(19)16-9-11-22-14-7-3-4-8-14/h13-14H,3-12H2,1-2H3,(H,16,19). The summed E-state index contributed by atoms with van der Waals surface area (Å²) < 4.78 is 27.0. The molecule has 2 fully saturated rings. The maximum Gasteiger partial charge on any atom is 0.281 e. The molecule has 0 spiro atoms. The Labute approximate surface area is 144 Å². The molecule has 23 heavy (non-hydrogen) atoms. The first-order chi connectivity index (χ1) is 10.9. The van der Waals surface area contributed by atoms with E-state index >= 15 is 0 Å². The van der Waals surface area contributed by atoms with Crippen LogP contribution in [0.3, 0.4) is 0 Å². The van der Waals surface area contributed by atoms with E-state index in [4.69, 9.17) is 0 Å². The molecular weight excluding hydrogens is 334 g/mol. The molecule has 0 aromatic carbocycles. The number of rotatable bonds is 7. The van der Waals surface area contributed by atoms with Gasteiger partial charge in [-0.3, -0.25) is 4.79 Å². The van der Waals surface area contributed by atoms with Gasteiger partial charge in [-0.2, -0.15) is 28.8 Å². The van der Waals surface area contributed by atoms with Crippen molar-refractivity contribution in [1.29, 1.82) is 0 Å². The number of nitrogens with one attached hydrogen (secondary N) is 1. The Morgan fingerprint density at radius 3 is 2.57 bits per heavy atom. The van der Waals surface area contributed by atoms with Crippen molar-refractivity contribution in [2.75, 3.05) is 39.5 Å². The highest BCUT2D eigenvalue weighted by Gasteiger charge is 2.33. The lowest BCUT2D eigenvalue weighted by atomic mass is 9.99. The summed E-state index contributed by atoms with van der Waals surface area (Å²) in [5, 5.41) is 3.75. The highest BCUT2D eigenvalue weighted by molar-refractivity contribution is 7.99. The molecule has 1 N–H and O–H groups in total. The summed E-state index contributed by atoms with van der Waals surface area (Å²) in [6.07, 6.45) is 6.78. The second kappa shape index (κ2) is 8.69. The lowest BCUT2D eigenvalue weighted by Gasteiger charge is -2.32. The number of hydrogen-bond donors (Lipinski definition) is 1. The minimum atomic E-state index is -3.42. The molecular formula is C15H29N3O3S2. The van der Waals surface area contributed by atoms with Crippen molar-refractivity contribution in [3.63, 3.8) is 0 Å². The summed E-state index contributed by atoms with van der Waals surface area (Å²) in [4.78, 5) is 12.3. The van der Waals surface area contributed by atoms with Crippen LogP contribution in [0.1, 0.15) is 38.5 Å². The van der Waals surface area contributed by atoms with Crippen molar-refractivity contribution in [3.8, 4) is 0 Å². The first kappa shape index (κ1) is 19.0. The second-order valence-corrected chi connectivity index (χ2v) is 10.1. The fraction of sp³-hybridized carbons (Fsp3) is 0.933. The summed E-state index contributed by atoms with van der Waals surface area (Å²) in [7, 11) is -0.366. The molecule has 2 aliphatic rings. The summed E-state index contributed by atoms with van der Waals surface area (Å²) in [6.45, 7) is 1.47. The topological polar surface area (TPSA) is 69.7 Å². The van der Waals surface area contributed by atoms with Gasteiger partial charge in [-0.1, -0.05) is 12.8 Å². The normalized spacial score (nSPS) is 24.2. The number of amides is 1. The second-order valence-electron chi connectivity index (χ2n) is 6.56. The molecule has 1 heterocycles. The molecule has 1 saturated heterocycles. The van der Waals surface area contributed by atoms with Crippen LogP contribution in [0.4, 0.5) is 0 Å². The molecule has 0 aromatic rings. The van der Waals surface area contributed by atoms with Crippen LogP contribution in [0.5, 0.6) is 0 Å². The molecule has 0 aromatic heterocycles. The average molecular weight is 364 g/mol. The van der Waals surface area contributed by atoms with Gasteiger partial charge in [-0.15, -0.1) is 0 Å². The SMILES string of the molecule is CN(C)S(=O)(=O)N1CCCC(C(=O)NCCSC2CCCC2)C1. The molecule has 1 amide bonds. The van der Waals surface area contributed by atoms with Gasteiger partial charge in [-0.25, -0.2) is 0 Å². The number of piperidine rings is 1. The van der Waals surface area contributed by atoms with E-state index < -0.39 is 10.2 Å². The van der Waals surface area contributed by atoms with Crippen molar-refractivity contribution < 1.29 is 13.2 Å². The minimum absolute atomic E-state index is 0.00400. The first-order valence-corrected chi connectivity index (χ1v) is 10.9. The van der Waals surface area contributed by atoms with Crippen molar-refractivity contribution in [2.24, 2.45) is 5.92 Å². The summed E-state index contributed by atoms with van der Waals surface area (Å²) in [5.74, 6) is 0.716. The molecule has 1 saturated carbocycles. The van der Waals surface area contributed by atoms with Crippen LogP contribution in [0.25, 0.3) is 0 Å². The molecule has 8 heteroatoms. The Morgan fingerprint density at radius 1 is 1.22 bits per heavy atom. The molecule has 6 nitrogen and oxygen atoms in total. The Kier molecular flexibility index (Phi) is 7.19. The summed E-state index contributed by atoms with van der Waals surface area (Å²) >= 11 is 1.95. The molecule has 0 radical (unpaired) electrons. The van der Waals surface area contributed by atoms with E-state index in [0.717, 1.165) is 23.8 Å². The van der Waals surface area contributed by atoms with E-state index in [0.29, 0.717) is 19.6 Å². The number of carbonyl (C=O) groups excluding carboxylic acids is 1. The van der Waals surface area contributed by atoms with Crippen LogP contribution in [0.2, 0.25) is 0 Å². The van der Waals surface area contributed by atoms with Crippen LogP contribution in [0, 0.1) is 5.92 Å². The van der Waals surface area contributed by atoms with Crippen LogP contribution < -0.4 is 5.32 Å². The average Bonchev–Trinajstić information content (AvgIpc) is 3.04. The highest BCUT2D eigenvalue weighted by atomic mass is 32.2. The maximum absolute atomic E-state index is 12.3. The minimum Gasteiger partial charge on any atom is -0.355 e. The number of carbonyl (C=O) groups is 1. The van der Waals surface area contributed by atoms with Gasteiger partial charge in [0.1, 0.15) is 0 Å². The van der Waals surface area contributed by atoms with Gasteiger partial charge in [0.25, 0.3) is 10.2 Å². The predicted molar refractivity (Wildman–Crippen MR) is 94.6 cm³/mol. The van der Waals surface area contributed by atoms with Crippen LogP contribution in [-0.4, -0.2) is 67.7 Å². The van der Waals surface area contributed by atoms with Crippen LogP contribution >= 0.6 is 11.8 Å². The maximum atomic E-state index is 12.3. The zero-order valence-corrected chi connectivity index (χ0v) is 15.8. The number of hydrogen-bond acceptors (Lipinski definition) is 4. The zero-order valence-electron chi connectivity index (χ0n) is 14.2. The van der Waals surface area contributed by atoms with Gasteiger partial charge in [0.2, 0.25) is 5.91 Å². The van der Waals surface area contributed by atoms with Gasteiger partial charge in [0.05, 0.1) is 5.92 Å². The van der Waals surface area contributed by atoms with E-state index in [-0.39, 0.29) is 11.8 Å². The van der Waals surface area contributed by atoms with Gasteiger partial charge >= 0.3 is 0 Å². The third-order valence-electron chi connectivity index (χ3n) is 4.60. The fourth-order valence-corrected chi connectivity index (χ4v) is 5.61. The molecule has 1 aliphatic heterocycles. The summed E-state index contributed by atoms with van der Waals surface area (Å²) in [5.41, 5.74) is 0. The van der Waals surface area contributed by atoms with Crippen LogP contribution in [-0.2, 0) is 15.0 Å². The lowest BCUT2D eigenvalue weighted by Crippen LogP contribution is -2.49. The molecule has 1 atom stereocenters. The lowest BCUT2D eigenvalue weighted by molar-refractivity contribution is -0.125. The number of nitrogens with zero attached hydrogens (tertiary/aromatic N) is 2. The Bertz CT molecular complexity index is 490. The highest BCUT2D eigenvalue weighted by Crippen LogP contribution is 2.29. The van der Waals surface area contributed by atoms with Gasteiger partial charge in [0, 0.05) is 44.7 Å². The van der Waals surface area contributed by atoms with E-state index in [1.54, 1.807) is 0 Å². The fourth-order valence-electron chi connectivity index (χ4n) is 3.20. The van der Waals surface area contributed by atoms with Crippen molar-refractivity contribution in [3.05, 3.63) is 0 Å². The Hall–Kier alpha value is -0.310. The molecule has 1 unspecified atom stereocenters. The number of thioether (sulfide) groups is 1. The Balaban J connectivity index is 1.73. The molecule has 0 bridgehead atoms. The predicted octanol–water partition coefficient (Wildman–Crippen LogP) is 1.30. The van der Waals surface area contributed by atoms with Gasteiger partial charge in [-0.05, 0) is 25.7 Å². The molecule has 1 aliphatic carbocycles. The Morgan fingerprint density at radius 2 is 1.91 bits per heavy atom. The smallest absolute Gasteiger partial charge is 0.281 e. The first-order valence-electron chi connectivity index (χ1n) is 8.48. The quantitative estimate of drug-likeness (QED) is 0.692. The van der Waals surface area contributed by atoms with E-state index in [9.17, 15) is 13.2 Å². The molecule has 134 valence electrons. The third-order valence-corrected chi connectivity index (χ3v) is 7.89. The van der Waals surface area contributed by atoms with Crippen molar-refractivity contribution in [2.45, 2.75) is 43.8 Å². The third kappa shape index (κ3) is 5.34. The van der Waals surface area contributed by atoms with Crippen molar-refractivity contribution >= 4 is 27.9 Å². The van der Waals surface area contributed by atoms with E-state index in [1.807, 2.05) is 11.8 Å². The van der Waals surface area contributed by atoms with Gasteiger partial charge in [0.15, 0.2) is 0 Å².